The Labute approximate surface area is 133 Å². The van der Waals surface area contributed by atoms with Crippen molar-refractivity contribution in [2.45, 2.75) is 20.4 Å². The average molecular weight is 324 g/mol. The minimum Gasteiger partial charge on any atom is -0.389 e. The Kier molecular flexibility index (Phi) is 4.75. The average Bonchev–Trinajstić information content (AvgIpc) is 2.38. The van der Waals surface area contributed by atoms with Crippen LogP contribution in [-0.2, 0) is 6.54 Å². The lowest BCUT2D eigenvalue weighted by Crippen LogP contribution is -2.16. The smallest absolute Gasteiger partial charge is 0.141 e. The second-order valence-corrected chi connectivity index (χ2v) is 5.58. The summed E-state index contributed by atoms with van der Waals surface area (Å²) in [5.41, 5.74) is 9.81. The summed E-state index contributed by atoms with van der Waals surface area (Å²) in [6.07, 6.45) is 0. The van der Waals surface area contributed by atoms with E-state index in [1.807, 2.05) is 19.9 Å². The van der Waals surface area contributed by atoms with Crippen LogP contribution in [0, 0.1) is 19.7 Å². The van der Waals surface area contributed by atoms with Gasteiger partial charge in [-0.05, 0) is 37.6 Å². The molecule has 0 aliphatic carbocycles. The predicted octanol–water partition coefficient (Wildman–Crippen LogP) is 3.74. The van der Waals surface area contributed by atoms with Crippen molar-refractivity contribution >= 4 is 34.5 Å². The number of nitrogens with two attached hydrogens (primary N) is 1. The predicted molar refractivity (Wildman–Crippen MR) is 88.3 cm³/mol. The van der Waals surface area contributed by atoms with Crippen molar-refractivity contribution in [2.75, 3.05) is 5.32 Å². The van der Waals surface area contributed by atoms with Crippen molar-refractivity contribution < 1.29 is 4.39 Å². The van der Waals surface area contributed by atoms with E-state index >= 15 is 0 Å². The van der Waals surface area contributed by atoms with E-state index in [-0.39, 0.29) is 5.02 Å². The van der Waals surface area contributed by atoms with Crippen LogP contribution in [0.3, 0.4) is 0 Å². The number of hydrogen-bond acceptors (Lipinski definition) is 3. The molecule has 0 radical (unpaired) electrons. The second-order valence-electron chi connectivity index (χ2n) is 4.74. The summed E-state index contributed by atoms with van der Waals surface area (Å²) < 4.78 is 13.1. The molecule has 2 aromatic rings. The van der Waals surface area contributed by atoms with Gasteiger partial charge in [0.25, 0.3) is 0 Å². The van der Waals surface area contributed by atoms with Crippen LogP contribution in [0.2, 0.25) is 5.02 Å². The molecule has 0 fully saturated rings. The van der Waals surface area contributed by atoms with Gasteiger partial charge in [-0.1, -0.05) is 29.9 Å². The Bertz CT molecular complexity index is 704. The maximum Gasteiger partial charge on any atom is 0.141 e. The second kappa shape index (κ2) is 6.37. The fourth-order valence-corrected chi connectivity index (χ4v) is 2.59. The van der Waals surface area contributed by atoms with Gasteiger partial charge in [0.05, 0.1) is 10.6 Å². The highest BCUT2D eigenvalue weighted by Gasteiger charge is 2.11. The number of anilines is 1. The van der Waals surface area contributed by atoms with Gasteiger partial charge in [-0.25, -0.2) is 4.39 Å². The quantitative estimate of drug-likeness (QED) is 0.842. The van der Waals surface area contributed by atoms with E-state index in [2.05, 4.69) is 10.3 Å². The number of benzene rings is 1. The fourth-order valence-electron chi connectivity index (χ4n) is 2.13. The summed E-state index contributed by atoms with van der Waals surface area (Å²) >= 11 is 10.9. The zero-order chi connectivity index (χ0) is 15.6. The Hall–Kier alpha value is -1.72. The molecule has 0 atom stereocenters. The van der Waals surface area contributed by atoms with Crippen LogP contribution in [0.5, 0.6) is 0 Å². The molecular weight excluding hydrogens is 309 g/mol. The van der Waals surface area contributed by atoms with E-state index in [1.54, 1.807) is 12.1 Å². The lowest BCUT2D eigenvalue weighted by atomic mass is 10.1. The van der Waals surface area contributed by atoms with Crippen LogP contribution in [0.25, 0.3) is 0 Å². The van der Waals surface area contributed by atoms with Crippen LogP contribution in [0.1, 0.15) is 22.5 Å². The molecule has 1 aromatic carbocycles. The molecular formula is C15H15ClFN3S. The number of nitrogens with zero attached hydrogens (tertiary/aromatic N) is 1. The standard InChI is InChI=1S/C15H15ClFN3S/c1-8-5-13(14(15(18)21)9(2)20-8)19-7-10-3-4-12(17)11(16)6-10/h3-6H,7H2,1-2H3,(H2,18,21)(H,19,20). The molecule has 21 heavy (non-hydrogen) atoms. The first-order valence-corrected chi connectivity index (χ1v) is 7.13. The van der Waals surface area contributed by atoms with Crippen molar-refractivity contribution in [1.82, 2.24) is 4.98 Å². The van der Waals surface area contributed by atoms with E-state index in [9.17, 15) is 4.39 Å². The van der Waals surface area contributed by atoms with Gasteiger partial charge in [0, 0.05) is 23.6 Å². The Morgan fingerprint density at radius 1 is 1.38 bits per heavy atom. The first-order valence-electron chi connectivity index (χ1n) is 6.34. The first kappa shape index (κ1) is 15.7. The number of thiocarbonyl (C=S) groups is 1. The highest BCUT2D eigenvalue weighted by Crippen LogP contribution is 2.22. The van der Waals surface area contributed by atoms with Crippen LogP contribution >= 0.6 is 23.8 Å². The minimum atomic E-state index is -0.431. The molecule has 3 N–H and O–H groups in total. The summed E-state index contributed by atoms with van der Waals surface area (Å²) in [5, 5.41) is 3.35. The molecule has 1 heterocycles. The van der Waals surface area contributed by atoms with Crippen LogP contribution < -0.4 is 11.1 Å². The summed E-state index contributed by atoms with van der Waals surface area (Å²) in [6.45, 7) is 4.25. The fraction of sp³-hybridized carbons (Fsp3) is 0.200. The van der Waals surface area contributed by atoms with Gasteiger partial charge in [0.15, 0.2) is 0 Å². The molecule has 6 heteroatoms. The van der Waals surface area contributed by atoms with Gasteiger partial charge in [-0.3, -0.25) is 4.98 Å². The maximum atomic E-state index is 13.1. The lowest BCUT2D eigenvalue weighted by molar-refractivity contribution is 0.627. The molecule has 2 rings (SSSR count). The zero-order valence-electron chi connectivity index (χ0n) is 11.7. The third-order valence-corrected chi connectivity index (χ3v) is 3.54. The third kappa shape index (κ3) is 3.68. The molecule has 0 saturated heterocycles. The van der Waals surface area contributed by atoms with Gasteiger partial charge in [-0.15, -0.1) is 0 Å². The monoisotopic (exact) mass is 323 g/mol. The number of aromatic nitrogens is 1. The molecule has 0 spiro atoms. The molecule has 0 bridgehead atoms. The maximum absolute atomic E-state index is 13.1. The third-order valence-electron chi connectivity index (χ3n) is 3.04. The number of pyridine rings is 1. The van der Waals surface area contributed by atoms with Crippen molar-refractivity contribution in [3.05, 3.63) is 57.6 Å². The lowest BCUT2D eigenvalue weighted by Gasteiger charge is -2.14. The van der Waals surface area contributed by atoms with Crippen molar-refractivity contribution in [2.24, 2.45) is 5.73 Å². The first-order chi connectivity index (χ1) is 9.88. The number of halogens is 2. The number of nitrogens with one attached hydrogen (secondary N) is 1. The van der Waals surface area contributed by atoms with E-state index in [1.165, 1.54) is 6.07 Å². The van der Waals surface area contributed by atoms with Gasteiger partial charge < -0.3 is 11.1 Å². The summed E-state index contributed by atoms with van der Waals surface area (Å²) in [6, 6.07) is 6.49. The topological polar surface area (TPSA) is 50.9 Å². The normalized spacial score (nSPS) is 10.5. The van der Waals surface area contributed by atoms with Gasteiger partial charge in [0.1, 0.15) is 10.8 Å². The van der Waals surface area contributed by atoms with Crippen molar-refractivity contribution in [1.29, 1.82) is 0 Å². The van der Waals surface area contributed by atoms with Gasteiger partial charge >= 0.3 is 0 Å². The van der Waals surface area contributed by atoms with E-state index in [4.69, 9.17) is 29.6 Å². The molecule has 0 aliphatic heterocycles. The van der Waals surface area contributed by atoms with Crippen LogP contribution in [0.15, 0.2) is 24.3 Å². The Morgan fingerprint density at radius 3 is 2.71 bits per heavy atom. The molecule has 0 saturated carbocycles. The van der Waals surface area contributed by atoms with Gasteiger partial charge in [0.2, 0.25) is 0 Å². The molecule has 1 aromatic heterocycles. The molecule has 110 valence electrons. The highest BCUT2D eigenvalue weighted by molar-refractivity contribution is 7.80. The number of aryl methyl sites for hydroxylation is 2. The summed E-state index contributed by atoms with van der Waals surface area (Å²) in [5.74, 6) is -0.431. The molecule has 0 aliphatic rings. The van der Waals surface area contributed by atoms with E-state index in [0.717, 1.165) is 28.2 Å². The SMILES string of the molecule is Cc1cc(NCc2ccc(F)c(Cl)c2)c(C(N)=S)c(C)n1. The largest absolute Gasteiger partial charge is 0.389 e. The minimum absolute atomic E-state index is 0.103. The highest BCUT2D eigenvalue weighted by atomic mass is 35.5. The molecule has 0 unspecified atom stereocenters. The summed E-state index contributed by atoms with van der Waals surface area (Å²) in [7, 11) is 0. The zero-order valence-corrected chi connectivity index (χ0v) is 13.3. The van der Waals surface area contributed by atoms with Crippen molar-refractivity contribution in [3.8, 4) is 0 Å². The number of hydrogen-bond donors (Lipinski definition) is 2. The molecule has 0 amide bonds. The van der Waals surface area contributed by atoms with Gasteiger partial charge in [-0.2, -0.15) is 0 Å². The van der Waals surface area contributed by atoms with E-state index < -0.39 is 5.82 Å². The number of rotatable bonds is 4. The van der Waals surface area contributed by atoms with Crippen LogP contribution in [-0.4, -0.2) is 9.97 Å². The van der Waals surface area contributed by atoms with E-state index in [0.29, 0.717) is 11.5 Å². The van der Waals surface area contributed by atoms with Crippen LogP contribution in [0.4, 0.5) is 10.1 Å². The van der Waals surface area contributed by atoms with Crippen molar-refractivity contribution in [3.63, 3.8) is 0 Å². The Balaban J connectivity index is 2.27. The molecule has 3 nitrogen and oxygen atoms in total. The summed E-state index contributed by atoms with van der Waals surface area (Å²) in [4.78, 5) is 4.65. The Morgan fingerprint density at radius 2 is 2.10 bits per heavy atom.